The first-order valence-corrected chi connectivity index (χ1v) is 12.1. The van der Waals surface area contributed by atoms with Gasteiger partial charge in [-0.1, -0.05) is 26.0 Å². The molecule has 1 atom stereocenters. The molecule has 1 aromatic carbocycles. The Labute approximate surface area is 204 Å². The van der Waals surface area contributed by atoms with Gasteiger partial charge in [0.1, 0.15) is 0 Å². The van der Waals surface area contributed by atoms with Gasteiger partial charge < -0.3 is 20.1 Å². The number of aliphatic imine (C=N–C) groups is 1. The Hall–Kier alpha value is -0.950. The lowest BCUT2D eigenvalue weighted by Crippen LogP contribution is -2.37. The molecule has 1 fully saturated rings. The fourth-order valence-electron chi connectivity index (χ4n) is 2.98. The number of nitrogens with one attached hydrogen (secondary N) is 3. The fraction of sp³-hybridized carbons (Fsp3) is 0.667. The van der Waals surface area contributed by atoms with E-state index in [0.717, 1.165) is 44.6 Å². The fourth-order valence-corrected chi connectivity index (χ4v) is 4.05. The van der Waals surface area contributed by atoms with Gasteiger partial charge in [0.2, 0.25) is 10.0 Å². The standard InChI is InChI=1S/C21H36N4O4S.HI/c1-17(2)16-28-12-5-11-23-21(22-3)24-14-18-7-9-20(10-8-18)30(26,27)25-15-19-6-4-13-29-19;/h7-10,17,19,25H,4-6,11-16H2,1-3H3,(H2,22,23,24);1H. The number of sulfonamides is 1. The minimum atomic E-state index is -3.52. The normalized spacial score (nSPS) is 16.9. The smallest absolute Gasteiger partial charge is 0.240 e. The van der Waals surface area contributed by atoms with E-state index >= 15 is 0 Å². The van der Waals surface area contributed by atoms with Crippen molar-refractivity contribution in [1.82, 2.24) is 15.4 Å². The highest BCUT2D eigenvalue weighted by atomic mass is 127. The van der Waals surface area contributed by atoms with Crippen molar-refractivity contribution in [1.29, 1.82) is 0 Å². The highest BCUT2D eigenvalue weighted by Gasteiger charge is 2.20. The third-order valence-electron chi connectivity index (χ3n) is 4.65. The second-order valence-electron chi connectivity index (χ2n) is 7.81. The maximum Gasteiger partial charge on any atom is 0.240 e. The van der Waals surface area contributed by atoms with E-state index in [1.807, 2.05) is 0 Å². The van der Waals surface area contributed by atoms with Crippen molar-refractivity contribution in [2.45, 2.75) is 50.7 Å². The van der Waals surface area contributed by atoms with Crippen molar-refractivity contribution in [2.24, 2.45) is 10.9 Å². The minimum Gasteiger partial charge on any atom is -0.381 e. The second kappa shape index (κ2) is 15.0. The number of benzene rings is 1. The Morgan fingerprint density at radius 1 is 1.26 bits per heavy atom. The Bertz CT molecular complexity index is 751. The summed E-state index contributed by atoms with van der Waals surface area (Å²) in [6.07, 6.45) is 2.76. The third-order valence-corrected chi connectivity index (χ3v) is 6.09. The number of hydrogen-bond acceptors (Lipinski definition) is 5. The summed E-state index contributed by atoms with van der Waals surface area (Å²) in [4.78, 5) is 4.46. The lowest BCUT2D eigenvalue weighted by Gasteiger charge is -2.13. The zero-order valence-corrected chi connectivity index (χ0v) is 21.9. The summed E-state index contributed by atoms with van der Waals surface area (Å²) in [6.45, 7) is 8.11. The Morgan fingerprint density at radius 3 is 2.61 bits per heavy atom. The summed E-state index contributed by atoms with van der Waals surface area (Å²) >= 11 is 0. The van der Waals surface area contributed by atoms with Crippen molar-refractivity contribution in [3.8, 4) is 0 Å². The Kier molecular flexibility index (Phi) is 13.6. The van der Waals surface area contributed by atoms with Gasteiger partial charge in [-0.25, -0.2) is 13.1 Å². The number of halogens is 1. The molecule has 0 amide bonds. The predicted molar refractivity (Wildman–Crippen MR) is 134 cm³/mol. The molecule has 0 aromatic heterocycles. The van der Waals surface area contributed by atoms with E-state index in [2.05, 4.69) is 34.2 Å². The molecule has 2 rings (SSSR count). The van der Waals surface area contributed by atoms with E-state index < -0.39 is 10.0 Å². The molecule has 1 aliphatic rings. The van der Waals surface area contributed by atoms with Gasteiger partial charge in [-0.3, -0.25) is 4.99 Å². The van der Waals surface area contributed by atoms with Crippen molar-refractivity contribution in [3.63, 3.8) is 0 Å². The van der Waals surface area contributed by atoms with Crippen LogP contribution in [0, 0.1) is 5.92 Å². The van der Waals surface area contributed by atoms with Gasteiger partial charge in [0.25, 0.3) is 0 Å². The number of guanidine groups is 1. The summed E-state index contributed by atoms with van der Waals surface area (Å²) in [5.74, 6) is 1.25. The molecule has 178 valence electrons. The van der Waals surface area contributed by atoms with Crippen LogP contribution in [0.3, 0.4) is 0 Å². The monoisotopic (exact) mass is 568 g/mol. The van der Waals surface area contributed by atoms with E-state index in [0.29, 0.717) is 31.6 Å². The Morgan fingerprint density at radius 2 is 2.00 bits per heavy atom. The molecule has 1 heterocycles. The van der Waals surface area contributed by atoms with Crippen LogP contribution in [0.1, 0.15) is 38.7 Å². The van der Waals surface area contributed by atoms with E-state index in [1.165, 1.54) is 0 Å². The first-order chi connectivity index (χ1) is 14.4. The van der Waals surface area contributed by atoms with Gasteiger partial charge in [-0.2, -0.15) is 0 Å². The first kappa shape index (κ1) is 28.1. The van der Waals surface area contributed by atoms with Gasteiger partial charge in [-0.05, 0) is 42.9 Å². The molecule has 3 N–H and O–H groups in total. The molecule has 0 saturated carbocycles. The molecule has 1 saturated heterocycles. The average Bonchev–Trinajstić information content (AvgIpc) is 3.25. The lowest BCUT2D eigenvalue weighted by atomic mass is 10.2. The summed E-state index contributed by atoms with van der Waals surface area (Å²) in [7, 11) is -1.80. The number of hydrogen-bond donors (Lipinski definition) is 3. The molecule has 1 unspecified atom stereocenters. The molecule has 0 spiro atoms. The topological polar surface area (TPSA) is 101 Å². The predicted octanol–water partition coefficient (Wildman–Crippen LogP) is 2.49. The third kappa shape index (κ3) is 11.0. The van der Waals surface area contributed by atoms with Gasteiger partial charge in [0, 0.05) is 46.5 Å². The van der Waals surface area contributed by atoms with Crippen LogP contribution in [0.5, 0.6) is 0 Å². The number of nitrogens with zero attached hydrogens (tertiary/aromatic N) is 1. The summed E-state index contributed by atoms with van der Waals surface area (Å²) < 4.78 is 38.5. The zero-order chi connectivity index (χ0) is 21.8. The van der Waals surface area contributed by atoms with Gasteiger partial charge in [0.05, 0.1) is 11.0 Å². The lowest BCUT2D eigenvalue weighted by molar-refractivity contribution is 0.108. The summed E-state index contributed by atoms with van der Waals surface area (Å²) in [5.41, 5.74) is 0.969. The maximum atomic E-state index is 12.4. The molecule has 31 heavy (non-hydrogen) atoms. The SMILES string of the molecule is CN=C(NCCCOCC(C)C)NCc1ccc(S(=O)(=O)NCC2CCCO2)cc1.I. The van der Waals surface area contributed by atoms with Gasteiger partial charge in [-0.15, -0.1) is 24.0 Å². The summed E-state index contributed by atoms with van der Waals surface area (Å²) in [6, 6.07) is 6.86. The highest BCUT2D eigenvalue weighted by molar-refractivity contribution is 14.0. The van der Waals surface area contributed by atoms with Gasteiger partial charge >= 0.3 is 0 Å². The quantitative estimate of drug-likeness (QED) is 0.155. The van der Waals surface area contributed by atoms with Gasteiger partial charge in [0.15, 0.2) is 5.96 Å². The molecular formula is C21H37IN4O4S. The second-order valence-corrected chi connectivity index (χ2v) is 9.57. The molecule has 8 nitrogen and oxygen atoms in total. The van der Waals surface area contributed by atoms with E-state index in [9.17, 15) is 8.42 Å². The van der Waals surface area contributed by atoms with Crippen LogP contribution in [0.2, 0.25) is 0 Å². The van der Waals surface area contributed by atoms with Crippen molar-refractivity contribution in [3.05, 3.63) is 29.8 Å². The van der Waals surface area contributed by atoms with Crippen LogP contribution < -0.4 is 15.4 Å². The van der Waals surface area contributed by atoms with Crippen LogP contribution in [-0.4, -0.2) is 60.4 Å². The number of rotatable bonds is 12. The molecule has 1 aliphatic heterocycles. The average molecular weight is 569 g/mol. The van der Waals surface area contributed by atoms with Crippen molar-refractivity contribution < 1.29 is 17.9 Å². The maximum absolute atomic E-state index is 12.4. The molecule has 1 aromatic rings. The Balaban J connectivity index is 0.00000480. The molecule has 0 bridgehead atoms. The first-order valence-electron chi connectivity index (χ1n) is 10.6. The highest BCUT2D eigenvalue weighted by Crippen LogP contribution is 2.14. The molecule has 0 aliphatic carbocycles. The number of ether oxygens (including phenoxy) is 2. The zero-order valence-electron chi connectivity index (χ0n) is 18.7. The largest absolute Gasteiger partial charge is 0.381 e. The van der Waals surface area contributed by atoms with Crippen LogP contribution in [0.4, 0.5) is 0 Å². The van der Waals surface area contributed by atoms with Crippen LogP contribution >= 0.6 is 24.0 Å². The summed E-state index contributed by atoms with van der Waals surface area (Å²) in [5, 5.41) is 6.48. The van der Waals surface area contributed by atoms with Crippen molar-refractivity contribution in [2.75, 3.05) is 40.0 Å². The van der Waals surface area contributed by atoms with Crippen LogP contribution in [0.15, 0.2) is 34.2 Å². The van der Waals surface area contributed by atoms with Crippen LogP contribution in [0.25, 0.3) is 0 Å². The molecule has 0 radical (unpaired) electrons. The van der Waals surface area contributed by atoms with Crippen LogP contribution in [-0.2, 0) is 26.0 Å². The van der Waals surface area contributed by atoms with E-state index in [4.69, 9.17) is 9.47 Å². The minimum absolute atomic E-state index is 0. The molecule has 10 heteroatoms. The van der Waals surface area contributed by atoms with E-state index in [1.54, 1.807) is 31.3 Å². The molecular weight excluding hydrogens is 531 g/mol. The van der Waals surface area contributed by atoms with Crippen molar-refractivity contribution >= 4 is 40.0 Å². The van der Waals surface area contributed by atoms with E-state index in [-0.39, 0.29) is 35.0 Å².